The first kappa shape index (κ1) is 16.6. The third kappa shape index (κ3) is 4.03. The summed E-state index contributed by atoms with van der Waals surface area (Å²) in [5, 5.41) is 3.20. The van der Waals surface area contributed by atoms with Crippen LogP contribution in [0, 0.1) is 0 Å². The van der Waals surface area contributed by atoms with E-state index in [1.54, 1.807) is 7.11 Å². The molecule has 0 fully saturated rings. The molecule has 1 atom stereocenters. The van der Waals surface area contributed by atoms with Gasteiger partial charge in [-0.1, -0.05) is 37.3 Å². The van der Waals surface area contributed by atoms with E-state index in [0.717, 1.165) is 5.56 Å². The fourth-order valence-electron chi connectivity index (χ4n) is 2.05. The minimum Gasteiger partial charge on any atom is -0.467 e. The number of hydrogen-bond donors (Lipinski definition) is 1. The van der Waals surface area contributed by atoms with Crippen molar-refractivity contribution in [3.63, 3.8) is 0 Å². The number of likely N-dealkylation sites (N-methyl/N-ethyl adjacent to an activating group) is 1. The van der Waals surface area contributed by atoms with Crippen LogP contribution in [0.15, 0.2) is 30.3 Å². The van der Waals surface area contributed by atoms with Crippen LogP contribution in [0.25, 0.3) is 0 Å². The molecule has 112 valence electrons. The van der Waals surface area contributed by atoms with Crippen LogP contribution in [0.5, 0.6) is 0 Å². The quantitative estimate of drug-likeness (QED) is 0.546. The second kappa shape index (κ2) is 8.68. The van der Waals surface area contributed by atoms with Crippen LogP contribution in [0.1, 0.15) is 12.5 Å². The van der Waals surface area contributed by atoms with E-state index in [4.69, 9.17) is 14.2 Å². The van der Waals surface area contributed by atoms with Gasteiger partial charge in [0, 0.05) is 7.11 Å². The zero-order valence-corrected chi connectivity index (χ0v) is 12.3. The molecule has 1 aromatic rings. The summed E-state index contributed by atoms with van der Waals surface area (Å²) in [6.07, 6.45) is 0. The molecule has 0 saturated carbocycles. The molecule has 1 rings (SSSR count). The van der Waals surface area contributed by atoms with Crippen molar-refractivity contribution in [1.82, 2.24) is 5.32 Å². The number of rotatable bonds is 9. The highest BCUT2D eigenvalue weighted by atomic mass is 16.5. The van der Waals surface area contributed by atoms with Crippen LogP contribution in [0.3, 0.4) is 0 Å². The Morgan fingerprint density at radius 3 is 2.45 bits per heavy atom. The largest absolute Gasteiger partial charge is 0.467 e. The van der Waals surface area contributed by atoms with Gasteiger partial charge in [0.25, 0.3) is 0 Å². The van der Waals surface area contributed by atoms with Crippen molar-refractivity contribution >= 4 is 5.97 Å². The summed E-state index contributed by atoms with van der Waals surface area (Å²) in [5.74, 6) is -0.358. The molecule has 0 aliphatic carbocycles. The minimum absolute atomic E-state index is 0.195. The Balaban J connectivity index is 2.98. The Kier molecular flexibility index (Phi) is 7.22. The third-order valence-corrected chi connectivity index (χ3v) is 3.03. The fraction of sp³-hybridized carbons (Fsp3) is 0.533. The smallest absolute Gasteiger partial charge is 0.333 e. The van der Waals surface area contributed by atoms with E-state index < -0.39 is 5.54 Å². The minimum atomic E-state index is -0.988. The average Bonchev–Trinajstić information content (AvgIpc) is 2.50. The molecule has 0 bridgehead atoms. The van der Waals surface area contributed by atoms with E-state index in [2.05, 4.69) is 5.32 Å². The molecule has 0 saturated heterocycles. The first-order chi connectivity index (χ1) is 9.71. The molecule has 0 radical (unpaired) electrons. The molecule has 0 aliphatic rings. The Bertz CT molecular complexity index is 396. The second-order valence-electron chi connectivity index (χ2n) is 4.34. The number of methoxy groups -OCH3 is 2. The van der Waals surface area contributed by atoms with Gasteiger partial charge < -0.3 is 14.2 Å². The lowest BCUT2D eigenvalue weighted by atomic mass is 9.90. The molecule has 0 heterocycles. The van der Waals surface area contributed by atoms with Crippen molar-refractivity contribution in [2.24, 2.45) is 0 Å². The number of carbonyl (C=O) groups excluding carboxylic acids is 1. The lowest BCUT2D eigenvalue weighted by molar-refractivity contribution is -0.152. The first-order valence-electron chi connectivity index (χ1n) is 6.67. The third-order valence-electron chi connectivity index (χ3n) is 3.03. The number of carbonyl (C=O) groups is 1. The summed E-state index contributed by atoms with van der Waals surface area (Å²) in [4.78, 5) is 12.3. The molecule has 0 amide bonds. The Labute approximate surface area is 120 Å². The topological polar surface area (TPSA) is 56.8 Å². The Hall–Kier alpha value is -1.43. The van der Waals surface area contributed by atoms with Crippen LogP contribution >= 0.6 is 0 Å². The number of hydrogen-bond acceptors (Lipinski definition) is 5. The molecule has 5 heteroatoms. The summed E-state index contributed by atoms with van der Waals surface area (Å²) >= 11 is 0. The van der Waals surface area contributed by atoms with Gasteiger partial charge in [-0.05, 0) is 12.1 Å². The lowest BCUT2D eigenvalue weighted by Crippen LogP contribution is -2.53. The summed E-state index contributed by atoms with van der Waals surface area (Å²) in [5.41, 5.74) is -0.162. The van der Waals surface area contributed by atoms with Gasteiger partial charge in [0.1, 0.15) is 0 Å². The van der Waals surface area contributed by atoms with Crippen molar-refractivity contribution < 1.29 is 19.0 Å². The molecule has 0 aliphatic heterocycles. The van der Waals surface area contributed by atoms with Crippen molar-refractivity contribution in [2.45, 2.75) is 12.5 Å². The molecular formula is C15H23NO4. The van der Waals surface area contributed by atoms with Crippen LogP contribution < -0.4 is 5.32 Å². The Morgan fingerprint density at radius 1 is 1.20 bits per heavy atom. The molecule has 5 nitrogen and oxygen atoms in total. The van der Waals surface area contributed by atoms with Gasteiger partial charge in [-0.15, -0.1) is 0 Å². The van der Waals surface area contributed by atoms with Gasteiger partial charge in [-0.25, -0.2) is 4.79 Å². The highest BCUT2D eigenvalue weighted by Crippen LogP contribution is 2.23. The zero-order chi connectivity index (χ0) is 14.8. The lowest BCUT2D eigenvalue weighted by Gasteiger charge is -2.32. The molecule has 0 spiro atoms. The van der Waals surface area contributed by atoms with Gasteiger partial charge in [0.15, 0.2) is 5.54 Å². The average molecular weight is 281 g/mol. The molecule has 20 heavy (non-hydrogen) atoms. The van der Waals surface area contributed by atoms with Gasteiger partial charge in [-0.3, -0.25) is 5.32 Å². The van der Waals surface area contributed by atoms with Crippen LogP contribution in [0.2, 0.25) is 0 Å². The SMILES string of the molecule is CCNC(COCCOC)(C(=O)OC)c1ccccc1. The van der Waals surface area contributed by atoms with E-state index in [1.165, 1.54) is 7.11 Å². The highest BCUT2D eigenvalue weighted by molar-refractivity contribution is 5.82. The maximum Gasteiger partial charge on any atom is 0.333 e. The molecule has 1 unspecified atom stereocenters. The highest BCUT2D eigenvalue weighted by Gasteiger charge is 2.41. The number of ether oxygens (including phenoxy) is 3. The van der Waals surface area contributed by atoms with Crippen LogP contribution in [-0.4, -0.2) is 46.6 Å². The summed E-state index contributed by atoms with van der Waals surface area (Å²) in [6.45, 7) is 3.67. The van der Waals surface area contributed by atoms with E-state index in [1.807, 2.05) is 37.3 Å². The van der Waals surface area contributed by atoms with E-state index in [0.29, 0.717) is 19.8 Å². The van der Waals surface area contributed by atoms with Crippen molar-refractivity contribution in [2.75, 3.05) is 40.6 Å². The normalized spacial score (nSPS) is 13.8. The van der Waals surface area contributed by atoms with E-state index >= 15 is 0 Å². The number of esters is 1. The standard InChI is InChI=1S/C15H23NO4/c1-4-16-15(14(17)19-3,12-20-11-10-18-2)13-8-6-5-7-9-13/h5-9,16H,4,10-12H2,1-3H3. The summed E-state index contributed by atoms with van der Waals surface area (Å²) < 4.78 is 15.5. The molecule has 1 aromatic carbocycles. The zero-order valence-electron chi connectivity index (χ0n) is 12.3. The van der Waals surface area contributed by atoms with Gasteiger partial charge in [0.05, 0.1) is 26.9 Å². The number of nitrogens with one attached hydrogen (secondary N) is 1. The predicted octanol–water partition coefficient (Wildman–Crippen LogP) is 1.33. The van der Waals surface area contributed by atoms with Crippen LogP contribution in [0.4, 0.5) is 0 Å². The van der Waals surface area contributed by atoms with E-state index in [-0.39, 0.29) is 12.6 Å². The predicted molar refractivity (Wildman–Crippen MR) is 76.5 cm³/mol. The molecular weight excluding hydrogens is 258 g/mol. The van der Waals surface area contributed by atoms with Gasteiger partial charge >= 0.3 is 5.97 Å². The summed E-state index contributed by atoms with van der Waals surface area (Å²) in [6, 6.07) is 9.46. The van der Waals surface area contributed by atoms with Gasteiger partial charge in [-0.2, -0.15) is 0 Å². The maximum absolute atomic E-state index is 12.3. The summed E-state index contributed by atoms with van der Waals surface area (Å²) in [7, 11) is 2.99. The molecule has 1 N–H and O–H groups in total. The van der Waals surface area contributed by atoms with Crippen LogP contribution in [-0.2, 0) is 24.5 Å². The maximum atomic E-state index is 12.3. The number of benzene rings is 1. The van der Waals surface area contributed by atoms with Crippen molar-refractivity contribution in [1.29, 1.82) is 0 Å². The van der Waals surface area contributed by atoms with Crippen molar-refractivity contribution in [3.8, 4) is 0 Å². The second-order valence-corrected chi connectivity index (χ2v) is 4.34. The molecule has 0 aromatic heterocycles. The fourth-order valence-corrected chi connectivity index (χ4v) is 2.05. The first-order valence-corrected chi connectivity index (χ1v) is 6.67. The van der Waals surface area contributed by atoms with Crippen molar-refractivity contribution in [3.05, 3.63) is 35.9 Å². The van der Waals surface area contributed by atoms with Gasteiger partial charge in [0.2, 0.25) is 0 Å². The monoisotopic (exact) mass is 281 g/mol. The Morgan fingerprint density at radius 2 is 1.90 bits per heavy atom. The van der Waals surface area contributed by atoms with E-state index in [9.17, 15) is 4.79 Å².